The van der Waals surface area contributed by atoms with Gasteiger partial charge in [0, 0.05) is 21.0 Å². The number of halogens is 2. The predicted molar refractivity (Wildman–Crippen MR) is 127 cm³/mol. The molecule has 2 aromatic carbocycles. The minimum absolute atomic E-state index is 0.00463. The van der Waals surface area contributed by atoms with Crippen LogP contribution in [-0.4, -0.2) is 33.6 Å². The van der Waals surface area contributed by atoms with Crippen LogP contribution in [0, 0.1) is 10.1 Å². The Morgan fingerprint density at radius 2 is 1.94 bits per heavy atom. The highest BCUT2D eigenvalue weighted by atomic mass is 79.9. The average molecular weight is 549 g/mol. The summed E-state index contributed by atoms with van der Waals surface area (Å²) in [6.45, 7) is 0.0742. The van der Waals surface area contributed by atoms with Crippen LogP contribution in [0.15, 0.2) is 64.5 Å². The molecule has 0 spiro atoms. The molecule has 11 heteroatoms. The van der Waals surface area contributed by atoms with Crippen LogP contribution in [0.4, 0.5) is 11.4 Å². The van der Waals surface area contributed by atoms with Gasteiger partial charge in [-0.15, -0.1) is 11.3 Å². The number of carbonyl (C=O) groups excluding carboxylic acids is 3. The second kappa shape index (κ2) is 9.42. The Labute approximate surface area is 205 Å². The molecule has 8 nitrogen and oxygen atoms in total. The Bertz CT molecular complexity index is 1250. The molecule has 1 aliphatic heterocycles. The van der Waals surface area contributed by atoms with Crippen molar-refractivity contribution in [3.05, 3.63) is 90.0 Å². The highest BCUT2D eigenvalue weighted by Crippen LogP contribution is 2.31. The number of nitrogens with zero attached hydrogens (tertiary/aromatic N) is 3. The Morgan fingerprint density at radius 3 is 2.58 bits per heavy atom. The van der Waals surface area contributed by atoms with Crippen molar-refractivity contribution in [2.75, 3.05) is 4.90 Å². The maximum Gasteiger partial charge on any atom is 0.288 e. The first-order chi connectivity index (χ1) is 15.8. The summed E-state index contributed by atoms with van der Waals surface area (Å²) in [5.41, 5.74) is -0.00439. The number of amides is 3. The number of anilines is 1. The standard InChI is InChI=1S/C22H15BrClN3O5S/c23-14-4-6-15(7-5-14)26-20(28)11-19(22(26)30)25(12-16-2-1-9-33-16)21(29)13-3-8-17(24)18(10-13)27(31)32/h1-10,19H,11-12H2. The first-order valence-corrected chi connectivity index (χ1v) is 11.7. The second-order valence-corrected chi connectivity index (χ2v) is 9.55. The Kier molecular flexibility index (Phi) is 6.59. The van der Waals surface area contributed by atoms with Gasteiger partial charge in [-0.05, 0) is 47.8 Å². The molecule has 1 saturated heterocycles. The molecule has 0 saturated carbocycles. The van der Waals surface area contributed by atoms with E-state index in [0.29, 0.717) is 5.69 Å². The lowest BCUT2D eigenvalue weighted by molar-refractivity contribution is -0.384. The molecule has 168 valence electrons. The molecule has 0 radical (unpaired) electrons. The first-order valence-electron chi connectivity index (χ1n) is 9.66. The van der Waals surface area contributed by atoms with Crippen LogP contribution in [0.2, 0.25) is 5.02 Å². The van der Waals surface area contributed by atoms with Gasteiger partial charge in [-0.3, -0.25) is 24.5 Å². The van der Waals surface area contributed by atoms with Crippen molar-refractivity contribution < 1.29 is 19.3 Å². The molecule has 4 rings (SSSR count). The highest BCUT2D eigenvalue weighted by molar-refractivity contribution is 9.10. The normalized spacial score (nSPS) is 15.7. The number of nitro groups is 1. The highest BCUT2D eigenvalue weighted by Gasteiger charge is 2.44. The van der Waals surface area contributed by atoms with Gasteiger partial charge >= 0.3 is 0 Å². The number of imide groups is 1. The van der Waals surface area contributed by atoms with Crippen molar-refractivity contribution in [1.29, 1.82) is 0 Å². The number of nitro benzene ring substituents is 1. The van der Waals surface area contributed by atoms with Gasteiger partial charge in [-0.2, -0.15) is 0 Å². The van der Waals surface area contributed by atoms with Crippen LogP contribution in [0.3, 0.4) is 0 Å². The van der Waals surface area contributed by atoms with E-state index in [1.807, 2.05) is 17.5 Å². The third-order valence-corrected chi connectivity index (χ3v) is 6.85. The van der Waals surface area contributed by atoms with Gasteiger partial charge in [0.25, 0.3) is 17.5 Å². The number of thiophene rings is 1. The van der Waals surface area contributed by atoms with Crippen molar-refractivity contribution in [2.45, 2.75) is 19.0 Å². The van der Waals surface area contributed by atoms with E-state index in [4.69, 9.17) is 11.6 Å². The Balaban J connectivity index is 1.70. The van der Waals surface area contributed by atoms with E-state index in [2.05, 4.69) is 15.9 Å². The van der Waals surface area contributed by atoms with Crippen molar-refractivity contribution in [3.63, 3.8) is 0 Å². The zero-order valence-electron chi connectivity index (χ0n) is 16.8. The van der Waals surface area contributed by atoms with Gasteiger partial charge in [-0.1, -0.05) is 33.6 Å². The molecule has 2 heterocycles. The summed E-state index contributed by atoms with van der Waals surface area (Å²) < 4.78 is 0.792. The lowest BCUT2D eigenvalue weighted by Gasteiger charge is -2.27. The number of rotatable bonds is 6. The molecule has 3 amide bonds. The van der Waals surface area contributed by atoms with E-state index in [0.717, 1.165) is 20.3 Å². The first kappa shape index (κ1) is 23.1. The fourth-order valence-electron chi connectivity index (χ4n) is 3.57. The second-order valence-electron chi connectivity index (χ2n) is 7.20. The van der Waals surface area contributed by atoms with Gasteiger partial charge < -0.3 is 4.90 Å². The van der Waals surface area contributed by atoms with Crippen molar-refractivity contribution in [2.24, 2.45) is 0 Å². The van der Waals surface area contributed by atoms with Crippen molar-refractivity contribution >= 4 is 68.0 Å². The lowest BCUT2D eigenvalue weighted by Crippen LogP contribution is -2.45. The van der Waals surface area contributed by atoms with Gasteiger partial charge in [0.1, 0.15) is 11.1 Å². The van der Waals surface area contributed by atoms with Crippen LogP contribution in [0.1, 0.15) is 21.7 Å². The Hall–Kier alpha value is -3.08. The SMILES string of the molecule is O=C1CC(N(Cc2cccs2)C(=O)c2ccc(Cl)c([N+](=O)[O-])c2)C(=O)N1c1ccc(Br)cc1. The van der Waals surface area contributed by atoms with Crippen molar-refractivity contribution in [1.82, 2.24) is 4.90 Å². The zero-order valence-corrected chi connectivity index (χ0v) is 20.0. The van der Waals surface area contributed by atoms with E-state index in [-0.39, 0.29) is 23.6 Å². The molecule has 1 fully saturated rings. The largest absolute Gasteiger partial charge is 0.321 e. The molecule has 0 N–H and O–H groups in total. The molecule has 0 aliphatic carbocycles. The summed E-state index contributed by atoms with van der Waals surface area (Å²) in [6, 6.07) is 13.0. The maximum atomic E-state index is 13.5. The summed E-state index contributed by atoms with van der Waals surface area (Å²) in [5.74, 6) is -1.57. The van der Waals surface area contributed by atoms with E-state index in [9.17, 15) is 24.5 Å². The van der Waals surface area contributed by atoms with Crippen molar-refractivity contribution in [3.8, 4) is 0 Å². The van der Waals surface area contributed by atoms with Gasteiger partial charge in [0.05, 0.1) is 23.6 Å². The molecule has 33 heavy (non-hydrogen) atoms. The van der Waals surface area contributed by atoms with E-state index >= 15 is 0 Å². The third-order valence-electron chi connectivity index (χ3n) is 5.14. The Morgan fingerprint density at radius 1 is 1.21 bits per heavy atom. The smallest absolute Gasteiger partial charge is 0.288 e. The zero-order chi connectivity index (χ0) is 23.7. The minimum Gasteiger partial charge on any atom is -0.321 e. The van der Waals surface area contributed by atoms with Gasteiger partial charge in [0.2, 0.25) is 5.91 Å². The maximum absolute atomic E-state index is 13.5. The van der Waals surface area contributed by atoms with E-state index in [1.54, 1.807) is 24.3 Å². The molecule has 0 bridgehead atoms. The minimum atomic E-state index is -1.05. The monoisotopic (exact) mass is 547 g/mol. The van der Waals surface area contributed by atoms with Crippen LogP contribution in [0.25, 0.3) is 0 Å². The number of hydrogen-bond acceptors (Lipinski definition) is 6. The average Bonchev–Trinajstić information content (AvgIpc) is 3.40. The molecule has 1 atom stereocenters. The summed E-state index contributed by atoms with van der Waals surface area (Å²) in [5, 5.41) is 13.0. The molecule has 1 unspecified atom stereocenters. The fourth-order valence-corrected chi connectivity index (χ4v) is 4.72. The summed E-state index contributed by atoms with van der Waals surface area (Å²) >= 11 is 10.6. The molecule has 1 aliphatic rings. The van der Waals surface area contributed by atoms with Gasteiger partial charge in [-0.25, -0.2) is 4.90 Å². The quantitative estimate of drug-likeness (QED) is 0.244. The van der Waals surface area contributed by atoms with Crippen LogP contribution >= 0.6 is 38.9 Å². The summed E-state index contributed by atoms with van der Waals surface area (Å²) in [4.78, 5) is 53.3. The topological polar surface area (TPSA) is 101 Å². The third kappa shape index (κ3) is 4.68. The lowest BCUT2D eigenvalue weighted by atomic mass is 10.1. The molecule has 3 aromatic rings. The van der Waals surface area contributed by atoms with E-state index < -0.39 is 34.4 Å². The van der Waals surface area contributed by atoms with Crippen LogP contribution in [0.5, 0.6) is 0 Å². The number of benzene rings is 2. The molecular weight excluding hydrogens is 534 g/mol. The van der Waals surface area contributed by atoms with E-state index in [1.165, 1.54) is 28.4 Å². The summed E-state index contributed by atoms with van der Waals surface area (Å²) in [6.07, 6.45) is -0.193. The molecule has 1 aromatic heterocycles. The molecular formula is C22H15BrClN3O5S. The number of hydrogen-bond donors (Lipinski definition) is 0. The van der Waals surface area contributed by atoms with Crippen LogP contribution in [-0.2, 0) is 16.1 Å². The van der Waals surface area contributed by atoms with Crippen LogP contribution < -0.4 is 4.90 Å². The summed E-state index contributed by atoms with van der Waals surface area (Å²) in [7, 11) is 0. The fraction of sp³-hybridized carbons (Fsp3) is 0.136. The number of carbonyl (C=O) groups is 3. The predicted octanol–water partition coefficient (Wildman–Crippen LogP) is 5.05. The van der Waals surface area contributed by atoms with Gasteiger partial charge in [0.15, 0.2) is 0 Å².